The molecule has 3 aromatic rings. The number of pyridine rings is 2. The summed E-state index contributed by atoms with van der Waals surface area (Å²) in [5.41, 5.74) is 0.848. The van der Waals surface area contributed by atoms with E-state index in [1.54, 1.807) is 35.6 Å². The van der Waals surface area contributed by atoms with E-state index in [0.29, 0.717) is 23.6 Å². The summed E-state index contributed by atoms with van der Waals surface area (Å²) in [4.78, 5) is 32.3. The molecule has 2 aliphatic heterocycles. The molecule has 1 amide bonds. The van der Waals surface area contributed by atoms with Crippen LogP contribution in [0.5, 0.6) is 5.88 Å². The molecule has 2 bridgehead atoms. The van der Waals surface area contributed by atoms with Gasteiger partial charge in [-0.1, -0.05) is 0 Å². The summed E-state index contributed by atoms with van der Waals surface area (Å²) < 4.78 is 44.5. The van der Waals surface area contributed by atoms with Crippen LogP contribution >= 0.6 is 0 Å². The minimum Gasteiger partial charge on any atom is -0.472 e. The third-order valence-corrected chi connectivity index (χ3v) is 6.35. The molecule has 0 aromatic carbocycles. The topological polar surface area (TPSA) is 81.1 Å². The van der Waals surface area contributed by atoms with E-state index in [0.717, 1.165) is 37.1 Å². The van der Waals surface area contributed by atoms with Crippen molar-refractivity contribution in [3.05, 3.63) is 65.7 Å². The number of rotatable bonds is 4. The van der Waals surface area contributed by atoms with Gasteiger partial charge >= 0.3 is 6.18 Å². The summed E-state index contributed by atoms with van der Waals surface area (Å²) in [6, 6.07) is 5.45. The fourth-order valence-corrected chi connectivity index (χ4v) is 4.75. The van der Waals surface area contributed by atoms with Crippen molar-refractivity contribution >= 4 is 5.91 Å². The van der Waals surface area contributed by atoms with Gasteiger partial charge in [-0.3, -0.25) is 9.78 Å². The van der Waals surface area contributed by atoms with Crippen LogP contribution in [0.15, 0.2) is 49.1 Å². The number of nitrogens with zero attached hydrogens (tertiary/aromatic N) is 5. The van der Waals surface area contributed by atoms with E-state index in [2.05, 4.69) is 19.9 Å². The first-order valence-corrected chi connectivity index (χ1v) is 11.0. The van der Waals surface area contributed by atoms with Crippen molar-refractivity contribution in [2.24, 2.45) is 5.92 Å². The highest BCUT2D eigenvalue weighted by Crippen LogP contribution is 2.39. The van der Waals surface area contributed by atoms with Crippen LogP contribution in [0.4, 0.5) is 13.2 Å². The van der Waals surface area contributed by atoms with Gasteiger partial charge in [0.05, 0.1) is 17.2 Å². The summed E-state index contributed by atoms with van der Waals surface area (Å²) in [6.07, 6.45) is 3.27. The van der Waals surface area contributed by atoms with Crippen molar-refractivity contribution in [3.8, 4) is 17.4 Å². The second kappa shape index (κ2) is 8.66. The molecule has 10 heteroatoms. The number of carbonyl (C=O) groups is 1. The summed E-state index contributed by atoms with van der Waals surface area (Å²) in [5, 5.41) is 0. The molecule has 1 aliphatic carbocycles. The molecule has 3 atom stereocenters. The highest BCUT2D eigenvalue weighted by molar-refractivity contribution is 5.99. The monoisotopic (exact) mass is 469 g/mol. The number of aromatic nitrogens is 4. The van der Waals surface area contributed by atoms with E-state index >= 15 is 0 Å². The number of aryl methyl sites for hydroxylation is 1. The zero-order chi connectivity index (χ0) is 23.9. The van der Waals surface area contributed by atoms with Crippen LogP contribution in [0.1, 0.15) is 40.7 Å². The van der Waals surface area contributed by atoms with Crippen LogP contribution in [0.2, 0.25) is 0 Å². The van der Waals surface area contributed by atoms with Gasteiger partial charge in [0.1, 0.15) is 11.8 Å². The SMILES string of the molecule is Cc1cnc(-c2ncccn2)c(C(=O)N2C[C@H]3CC[C@H]2[C@H](Oc2ccc(C(F)(F)F)cn2)C3)c1. The van der Waals surface area contributed by atoms with Crippen molar-refractivity contribution in [3.63, 3.8) is 0 Å². The Morgan fingerprint density at radius 1 is 1.09 bits per heavy atom. The minimum atomic E-state index is -4.46. The van der Waals surface area contributed by atoms with Crippen LogP contribution in [-0.2, 0) is 6.18 Å². The fourth-order valence-electron chi connectivity index (χ4n) is 4.75. The van der Waals surface area contributed by atoms with Crippen LogP contribution < -0.4 is 4.74 Å². The third kappa shape index (κ3) is 4.32. The van der Waals surface area contributed by atoms with Crippen molar-refractivity contribution in [2.45, 2.75) is 44.5 Å². The number of fused-ring (bicyclic) bond motifs is 3. The largest absolute Gasteiger partial charge is 0.472 e. The fraction of sp³-hybridized carbons (Fsp3) is 0.375. The first-order valence-electron chi connectivity index (χ1n) is 11.0. The van der Waals surface area contributed by atoms with Gasteiger partial charge in [0.25, 0.3) is 5.91 Å². The summed E-state index contributed by atoms with van der Waals surface area (Å²) in [5.74, 6) is 0.549. The van der Waals surface area contributed by atoms with Crippen molar-refractivity contribution in [1.82, 2.24) is 24.8 Å². The van der Waals surface area contributed by atoms with Gasteiger partial charge in [-0.2, -0.15) is 13.2 Å². The third-order valence-electron chi connectivity index (χ3n) is 6.35. The Balaban J connectivity index is 1.40. The molecule has 34 heavy (non-hydrogen) atoms. The lowest BCUT2D eigenvalue weighted by molar-refractivity contribution is -0.137. The zero-order valence-electron chi connectivity index (χ0n) is 18.4. The Morgan fingerprint density at radius 3 is 2.56 bits per heavy atom. The molecule has 6 rings (SSSR count). The van der Waals surface area contributed by atoms with E-state index < -0.39 is 11.7 Å². The molecule has 0 spiro atoms. The Labute approximate surface area is 194 Å². The Bertz CT molecular complexity index is 1190. The van der Waals surface area contributed by atoms with Gasteiger partial charge in [0.15, 0.2) is 5.82 Å². The Kier molecular flexibility index (Phi) is 5.66. The number of alkyl halides is 3. The van der Waals surface area contributed by atoms with E-state index in [4.69, 9.17) is 4.74 Å². The molecule has 0 unspecified atom stereocenters. The first kappa shape index (κ1) is 22.2. The first-order chi connectivity index (χ1) is 16.3. The molecule has 3 aromatic heterocycles. The van der Waals surface area contributed by atoms with Crippen molar-refractivity contribution in [2.75, 3.05) is 6.54 Å². The second-order valence-electron chi connectivity index (χ2n) is 8.72. The molecule has 3 fully saturated rings. The average Bonchev–Trinajstić information content (AvgIpc) is 2.84. The molecule has 176 valence electrons. The second-order valence-corrected chi connectivity index (χ2v) is 8.72. The normalized spacial score (nSPS) is 22.0. The lowest BCUT2D eigenvalue weighted by Gasteiger charge is -2.49. The lowest BCUT2D eigenvalue weighted by Crippen LogP contribution is -2.59. The van der Waals surface area contributed by atoms with E-state index in [1.165, 1.54) is 6.07 Å². The Hall–Kier alpha value is -3.56. The van der Waals surface area contributed by atoms with Crippen molar-refractivity contribution in [1.29, 1.82) is 0 Å². The summed E-state index contributed by atoms with van der Waals surface area (Å²) >= 11 is 0. The smallest absolute Gasteiger partial charge is 0.417 e. The maximum absolute atomic E-state index is 13.7. The molecular weight excluding hydrogens is 447 g/mol. The average molecular weight is 469 g/mol. The molecule has 1 saturated carbocycles. The number of hydrogen-bond donors (Lipinski definition) is 0. The Morgan fingerprint density at radius 2 is 1.88 bits per heavy atom. The molecule has 7 nitrogen and oxygen atoms in total. The van der Waals surface area contributed by atoms with Crippen LogP contribution in [-0.4, -0.2) is 49.4 Å². The van der Waals surface area contributed by atoms with Gasteiger partial charge in [-0.05, 0) is 55.9 Å². The van der Waals surface area contributed by atoms with Gasteiger partial charge in [-0.25, -0.2) is 15.0 Å². The molecule has 0 radical (unpaired) electrons. The number of halogens is 3. The predicted octanol–water partition coefficient (Wildman–Crippen LogP) is 4.33. The van der Waals surface area contributed by atoms with Crippen LogP contribution in [0.3, 0.4) is 0 Å². The maximum Gasteiger partial charge on any atom is 0.417 e. The van der Waals surface area contributed by atoms with Gasteiger partial charge in [-0.15, -0.1) is 0 Å². The minimum absolute atomic E-state index is 0.119. The van der Waals surface area contributed by atoms with Gasteiger partial charge in [0, 0.05) is 37.4 Å². The van der Waals surface area contributed by atoms with Crippen molar-refractivity contribution < 1.29 is 22.7 Å². The highest BCUT2D eigenvalue weighted by Gasteiger charge is 2.45. The zero-order valence-corrected chi connectivity index (χ0v) is 18.4. The van der Waals surface area contributed by atoms with E-state index in [-0.39, 0.29) is 29.9 Å². The highest BCUT2D eigenvalue weighted by atomic mass is 19.4. The standard InChI is InChI=1S/C24H22F3N5O2/c1-14-9-17(21(31-11-14)22-28-7-2-8-29-22)23(33)32-13-15-3-5-18(32)19(10-15)34-20-6-4-16(12-30-20)24(25,26)27/h2,4,6-9,11-12,15,18-19H,3,5,10,13H2,1H3/t15-,18-,19+/m0/s1. The molecule has 0 N–H and O–H groups in total. The van der Waals surface area contributed by atoms with Gasteiger partial charge in [0.2, 0.25) is 5.88 Å². The van der Waals surface area contributed by atoms with E-state index in [9.17, 15) is 18.0 Å². The number of ether oxygens (including phenoxy) is 1. The van der Waals surface area contributed by atoms with Crippen LogP contribution in [0.25, 0.3) is 11.5 Å². The predicted molar refractivity (Wildman–Crippen MR) is 116 cm³/mol. The number of piperidine rings is 2. The van der Waals surface area contributed by atoms with Gasteiger partial charge < -0.3 is 9.64 Å². The summed E-state index contributed by atoms with van der Waals surface area (Å²) in [7, 11) is 0. The molecule has 2 saturated heterocycles. The lowest BCUT2D eigenvalue weighted by atomic mass is 9.77. The van der Waals surface area contributed by atoms with Crippen LogP contribution in [0, 0.1) is 12.8 Å². The van der Waals surface area contributed by atoms with E-state index in [1.807, 2.05) is 6.92 Å². The molecule has 5 heterocycles. The maximum atomic E-state index is 13.7. The quantitative estimate of drug-likeness (QED) is 0.566. The molecule has 3 aliphatic rings. The number of amides is 1. The molecular formula is C24H22F3N5O2. The number of hydrogen-bond acceptors (Lipinski definition) is 6. The number of carbonyl (C=O) groups excluding carboxylic acids is 1. The summed E-state index contributed by atoms with van der Waals surface area (Å²) in [6.45, 7) is 2.46.